The van der Waals surface area contributed by atoms with Gasteiger partial charge in [-0.1, -0.05) is 6.07 Å². The van der Waals surface area contributed by atoms with Crippen molar-refractivity contribution in [2.24, 2.45) is 5.92 Å². The van der Waals surface area contributed by atoms with E-state index in [-0.39, 0.29) is 18.8 Å². The first kappa shape index (κ1) is 25.5. The maximum atomic E-state index is 14.5. The molecule has 2 amide bonds. The van der Waals surface area contributed by atoms with Crippen molar-refractivity contribution in [2.45, 2.75) is 31.8 Å². The van der Waals surface area contributed by atoms with Gasteiger partial charge in [-0.2, -0.15) is 4.39 Å². The number of thiophene rings is 1. The average molecular weight is 521 g/mol. The number of halogens is 3. The summed E-state index contributed by atoms with van der Waals surface area (Å²) in [7, 11) is 0. The Morgan fingerprint density at radius 1 is 0.944 bits per heavy atom. The average Bonchev–Trinajstić information content (AvgIpc) is 3.31. The quantitative estimate of drug-likeness (QED) is 0.380. The van der Waals surface area contributed by atoms with Crippen LogP contribution in [-0.2, 0) is 4.79 Å². The van der Waals surface area contributed by atoms with Gasteiger partial charge in [0.15, 0.2) is 11.6 Å². The topological polar surface area (TPSA) is 105 Å². The summed E-state index contributed by atoms with van der Waals surface area (Å²) in [5.41, 5.74) is -0.513. The largest absolute Gasteiger partial charge is 0.487 e. The van der Waals surface area contributed by atoms with Crippen molar-refractivity contribution in [3.8, 4) is 5.75 Å². The lowest BCUT2D eigenvalue weighted by Crippen LogP contribution is -2.34. The van der Waals surface area contributed by atoms with E-state index >= 15 is 0 Å². The number of hydrogen-bond donors (Lipinski definition) is 3. The molecule has 0 unspecified atom stereocenters. The van der Waals surface area contributed by atoms with Gasteiger partial charge in [-0.25, -0.2) is 8.78 Å². The lowest BCUT2D eigenvalue weighted by molar-refractivity contribution is -0.143. The summed E-state index contributed by atoms with van der Waals surface area (Å²) in [4.78, 5) is 36.0. The summed E-state index contributed by atoms with van der Waals surface area (Å²) in [5, 5.41) is 14.4. The fraction of sp³-hybridized carbons (Fsp3) is 0.320. The third-order valence-corrected chi connectivity index (χ3v) is 7.14. The van der Waals surface area contributed by atoms with Crippen molar-refractivity contribution >= 4 is 39.2 Å². The Morgan fingerprint density at radius 2 is 1.64 bits per heavy atom. The van der Waals surface area contributed by atoms with Crippen LogP contribution >= 0.6 is 11.3 Å². The first-order valence-electron chi connectivity index (χ1n) is 11.4. The molecule has 1 aromatic heterocycles. The predicted octanol–water partition coefficient (Wildman–Crippen LogP) is 4.50. The second kappa shape index (κ2) is 11.0. The standard InChI is InChI=1S/C25H23F3N2O5S/c26-17-2-1-3-19-16(17)12-20(36-19)24(32)30-11-10-29-23(31)15-8-9-18(22(28)21(15)27)35-14-6-4-13(5-7-14)25(33)34/h1-3,8-9,12-14H,4-7,10-11H2,(H,29,31)(H,30,32)(H,33,34)/t13-,14+. The number of hydrogen-bond acceptors (Lipinski definition) is 5. The van der Waals surface area contributed by atoms with E-state index < -0.39 is 52.8 Å². The molecule has 0 bridgehead atoms. The van der Waals surface area contributed by atoms with Crippen molar-refractivity contribution in [1.29, 1.82) is 0 Å². The van der Waals surface area contributed by atoms with Gasteiger partial charge < -0.3 is 20.5 Å². The zero-order valence-electron chi connectivity index (χ0n) is 19.0. The van der Waals surface area contributed by atoms with E-state index in [2.05, 4.69) is 10.6 Å². The first-order valence-corrected chi connectivity index (χ1v) is 12.2. The Kier molecular flexibility index (Phi) is 7.78. The van der Waals surface area contributed by atoms with Crippen LogP contribution in [0, 0.1) is 23.4 Å². The highest BCUT2D eigenvalue weighted by Crippen LogP contribution is 2.30. The third kappa shape index (κ3) is 5.62. The molecule has 0 atom stereocenters. The van der Waals surface area contributed by atoms with Gasteiger partial charge in [0.1, 0.15) is 5.82 Å². The summed E-state index contributed by atoms with van der Waals surface area (Å²) >= 11 is 1.13. The van der Waals surface area contributed by atoms with Crippen molar-refractivity contribution in [2.75, 3.05) is 13.1 Å². The zero-order chi connectivity index (χ0) is 25.8. The van der Waals surface area contributed by atoms with Gasteiger partial charge in [0.2, 0.25) is 5.82 Å². The van der Waals surface area contributed by atoms with Gasteiger partial charge in [0, 0.05) is 23.2 Å². The van der Waals surface area contributed by atoms with Crippen LogP contribution in [0.25, 0.3) is 10.1 Å². The molecule has 1 aliphatic rings. The van der Waals surface area contributed by atoms with Gasteiger partial charge in [-0.3, -0.25) is 14.4 Å². The van der Waals surface area contributed by atoms with Crippen LogP contribution in [-0.4, -0.2) is 42.1 Å². The predicted molar refractivity (Wildman–Crippen MR) is 127 cm³/mol. The molecule has 1 aliphatic carbocycles. The van der Waals surface area contributed by atoms with Gasteiger partial charge in [0.05, 0.1) is 22.5 Å². The Bertz CT molecular complexity index is 1300. The first-order chi connectivity index (χ1) is 17.2. The van der Waals surface area contributed by atoms with Crippen LogP contribution in [0.5, 0.6) is 5.75 Å². The second-order valence-corrected chi connectivity index (χ2v) is 9.53. The van der Waals surface area contributed by atoms with Crippen LogP contribution in [0.1, 0.15) is 45.7 Å². The lowest BCUT2D eigenvalue weighted by atomic mass is 9.87. The zero-order valence-corrected chi connectivity index (χ0v) is 19.8. The number of benzene rings is 2. The molecule has 11 heteroatoms. The van der Waals surface area contributed by atoms with E-state index in [9.17, 15) is 27.6 Å². The monoisotopic (exact) mass is 520 g/mol. The molecule has 0 spiro atoms. The summed E-state index contributed by atoms with van der Waals surface area (Å²) in [5.74, 6) is -6.07. The van der Waals surface area contributed by atoms with E-state index in [0.717, 1.165) is 17.4 Å². The summed E-state index contributed by atoms with van der Waals surface area (Å²) in [6, 6.07) is 8.28. The fourth-order valence-electron chi connectivity index (χ4n) is 4.08. The molecule has 7 nitrogen and oxygen atoms in total. The van der Waals surface area contributed by atoms with Gasteiger partial charge in [-0.15, -0.1) is 11.3 Å². The number of rotatable bonds is 8. The van der Waals surface area contributed by atoms with E-state index in [4.69, 9.17) is 9.84 Å². The van der Waals surface area contributed by atoms with Crippen LogP contribution < -0.4 is 15.4 Å². The lowest BCUT2D eigenvalue weighted by Gasteiger charge is -2.27. The van der Waals surface area contributed by atoms with Crippen molar-refractivity contribution in [3.63, 3.8) is 0 Å². The van der Waals surface area contributed by atoms with Crippen LogP contribution in [0.3, 0.4) is 0 Å². The minimum Gasteiger partial charge on any atom is -0.487 e. The molecule has 2 aromatic carbocycles. The van der Waals surface area contributed by atoms with Crippen molar-refractivity contribution in [3.05, 3.63) is 64.3 Å². The van der Waals surface area contributed by atoms with E-state index in [1.807, 2.05) is 0 Å². The number of carbonyl (C=O) groups is 3. The molecule has 4 rings (SSSR count). The fourth-order valence-corrected chi connectivity index (χ4v) is 5.07. The van der Waals surface area contributed by atoms with Gasteiger partial charge in [0.25, 0.3) is 11.8 Å². The van der Waals surface area contributed by atoms with E-state index in [1.165, 1.54) is 18.2 Å². The number of aliphatic carboxylic acids is 1. The number of carboxylic acids is 1. The SMILES string of the molecule is O=C(NCCNC(=O)c1ccc(O[C@H]2CC[C@@H](C(=O)O)CC2)c(F)c1F)c1cc2c(F)cccc2s1. The Hall–Kier alpha value is -3.60. The molecule has 36 heavy (non-hydrogen) atoms. The smallest absolute Gasteiger partial charge is 0.306 e. The molecule has 3 aromatic rings. The number of ether oxygens (including phenoxy) is 1. The van der Waals surface area contributed by atoms with Gasteiger partial charge in [-0.05, 0) is 56.0 Å². The van der Waals surface area contributed by atoms with E-state index in [0.29, 0.717) is 40.6 Å². The van der Waals surface area contributed by atoms with Crippen LogP contribution in [0.2, 0.25) is 0 Å². The second-order valence-electron chi connectivity index (χ2n) is 8.44. The molecule has 190 valence electrons. The Labute approximate surface area is 208 Å². The summed E-state index contributed by atoms with van der Waals surface area (Å²) in [6.45, 7) is -0.0262. The van der Waals surface area contributed by atoms with Crippen LogP contribution in [0.15, 0.2) is 36.4 Å². The molecular weight excluding hydrogens is 497 g/mol. The number of amides is 2. The summed E-state index contributed by atoms with van der Waals surface area (Å²) in [6.07, 6.45) is 1.15. The number of carbonyl (C=O) groups excluding carboxylic acids is 2. The molecule has 3 N–H and O–H groups in total. The molecule has 0 radical (unpaired) electrons. The van der Waals surface area contributed by atoms with Gasteiger partial charge >= 0.3 is 5.97 Å². The molecule has 1 saturated carbocycles. The highest BCUT2D eigenvalue weighted by molar-refractivity contribution is 7.20. The molecule has 1 heterocycles. The molecule has 1 fully saturated rings. The maximum Gasteiger partial charge on any atom is 0.306 e. The maximum absolute atomic E-state index is 14.5. The van der Waals surface area contributed by atoms with E-state index in [1.54, 1.807) is 12.1 Å². The molecule has 0 aliphatic heterocycles. The number of fused-ring (bicyclic) bond motifs is 1. The highest BCUT2D eigenvalue weighted by Gasteiger charge is 2.28. The molecular formula is C25H23F3N2O5S. The van der Waals surface area contributed by atoms with Crippen LogP contribution in [0.4, 0.5) is 13.2 Å². The van der Waals surface area contributed by atoms with Crippen molar-refractivity contribution in [1.82, 2.24) is 10.6 Å². The number of nitrogens with one attached hydrogen (secondary N) is 2. The minimum atomic E-state index is -1.36. The summed E-state index contributed by atoms with van der Waals surface area (Å²) < 4.78 is 49.0. The van der Waals surface area contributed by atoms with Crippen molar-refractivity contribution < 1.29 is 37.4 Å². The third-order valence-electron chi connectivity index (χ3n) is 6.04. The highest BCUT2D eigenvalue weighted by atomic mass is 32.1. The minimum absolute atomic E-state index is 0.0195. The molecule has 0 saturated heterocycles. The normalized spacial score (nSPS) is 17.5. The number of carboxylic acid groups (broad SMARTS) is 1. The Morgan fingerprint density at radius 3 is 2.31 bits per heavy atom. The Balaban J connectivity index is 1.28.